The fraction of sp³-hybridized carbons (Fsp3) is 0.467. The van der Waals surface area contributed by atoms with Crippen LogP contribution in [0.25, 0.3) is 0 Å². The molecule has 1 N–H and O–H groups in total. The van der Waals surface area contributed by atoms with Crippen LogP contribution in [-0.4, -0.2) is 36.9 Å². The molecule has 0 unspecified atom stereocenters. The average molecular weight is 272 g/mol. The smallest absolute Gasteiger partial charge is 0.161 e. The van der Waals surface area contributed by atoms with Crippen molar-refractivity contribution in [2.45, 2.75) is 25.8 Å². The minimum absolute atomic E-state index is 0.0525. The third-order valence-electron chi connectivity index (χ3n) is 4.03. The van der Waals surface area contributed by atoms with Gasteiger partial charge in [-0.3, -0.25) is 4.79 Å². The number of aromatic nitrogens is 1. The zero-order valence-electron chi connectivity index (χ0n) is 12.0. The van der Waals surface area contributed by atoms with Gasteiger partial charge in [-0.15, -0.1) is 0 Å². The average Bonchev–Trinajstić information content (AvgIpc) is 2.48. The summed E-state index contributed by atoms with van der Waals surface area (Å²) in [6, 6.07) is 2.41. The highest BCUT2D eigenvalue weighted by atomic mass is 16.1. The van der Waals surface area contributed by atoms with Gasteiger partial charge in [-0.2, -0.15) is 0 Å². The van der Waals surface area contributed by atoms with Crippen molar-refractivity contribution in [3.8, 4) is 0 Å². The van der Waals surface area contributed by atoms with Crippen molar-refractivity contribution in [1.29, 1.82) is 0 Å². The molecule has 1 saturated heterocycles. The third-order valence-corrected chi connectivity index (χ3v) is 4.03. The number of ketones is 1. The van der Waals surface area contributed by atoms with E-state index in [2.05, 4.69) is 21.4 Å². The number of anilines is 2. The lowest BCUT2D eigenvalue weighted by Crippen LogP contribution is -2.42. The predicted octanol–water partition coefficient (Wildman–Crippen LogP) is 1.76. The molecule has 0 radical (unpaired) electrons. The zero-order chi connectivity index (χ0) is 14.1. The first-order valence-corrected chi connectivity index (χ1v) is 7.08. The van der Waals surface area contributed by atoms with Gasteiger partial charge >= 0.3 is 0 Å². The van der Waals surface area contributed by atoms with Gasteiger partial charge in [0, 0.05) is 37.2 Å². The second kappa shape index (κ2) is 5.25. The minimum atomic E-state index is 0.0525. The molecule has 1 aromatic heterocycles. The number of hydrogen-bond acceptors (Lipinski definition) is 5. The molecular formula is C15H20N4O. The lowest BCUT2D eigenvalue weighted by Gasteiger charge is -2.37. The first-order chi connectivity index (χ1) is 9.66. The zero-order valence-corrected chi connectivity index (χ0v) is 12.0. The summed E-state index contributed by atoms with van der Waals surface area (Å²) in [6.07, 6.45) is 8.05. The van der Waals surface area contributed by atoms with Crippen LogP contribution < -0.4 is 15.1 Å². The number of fused-ring (bicyclic) bond motifs is 1. The number of rotatable bonds is 2. The van der Waals surface area contributed by atoms with Gasteiger partial charge in [0.05, 0.1) is 5.69 Å². The van der Waals surface area contributed by atoms with Gasteiger partial charge in [0.2, 0.25) is 0 Å². The third kappa shape index (κ3) is 2.29. The summed E-state index contributed by atoms with van der Waals surface area (Å²) >= 11 is 0. The lowest BCUT2D eigenvalue weighted by atomic mass is 10.0. The molecule has 0 atom stereocenters. The Labute approximate surface area is 119 Å². The maximum absolute atomic E-state index is 11.5. The van der Waals surface area contributed by atoms with E-state index in [9.17, 15) is 4.79 Å². The molecule has 0 saturated carbocycles. The van der Waals surface area contributed by atoms with Crippen LogP contribution in [0.4, 0.5) is 11.5 Å². The van der Waals surface area contributed by atoms with Gasteiger partial charge in [0.25, 0.3) is 0 Å². The summed E-state index contributed by atoms with van der Waals surface area (Å²) in [6.45, 7) is 3.67. The highest BCUT2D eigenvalue weighted by molar-refractivity contribution is 5.95. The number of pyridine rings is 1. The molecule has 0 spiro atoms. The number of piperidine rings is 1. The fourth-order valence-electron chi connectivity index (χ4n) is 2.80. The number of Topliss-reactive ketones (excluding diaryl/α,β-unsaturated/α-hetero) is 1. The van der Waals surface area contributed by atoms with Gasteiger partial charge < -0.3 is 15.1 Å². The minimum Gasteiger partial charge on any atom is -0.347 e. The molecule has 5 nitrogen and oxygen atoms in total. The number of nitrogens with zero attached hydrogens (tertiary/aromatic N) is 3. The van der Waals surface area contributed by atoms with Gasteiger partial charge in [-0.05, 0) is 38.9 Å². The van der Waals surface area contributed by atoms with Crippen molar-refractivity contribution in [2.24, 2.45) is 0 Å². The SMILES string of the molecule is CC(=O)c1cnc2c(c1)N(C)C=CN2C1CCNCC1. The van der Waals surface area contributed by atoms with Crippen LogP contribution in [0.15, 0.2) is 24.7 Å². The largest absolute Gasteiger partial charge is 0.347 e. The van der Waals surface area contributed by atoms with Crippen molar-refractivity contribution < 1.29 is 4.79 Å². The Morgan fingerprint density at radius 3 is 2.80 bits per heavy atom. The molecule has 0 aromatic carbocycles. The van der Waals surface area contributed by atoms with E-state index < -0.39 is 0 Å². The van der Waals surface area contributed by atoms with Gasteiger partial charge in [0.15, 0.2) is 11.6 Å². The highest BCUT2D eigenvalue weighted by Gasteiger charge is 2.26. The Bertz CT molecular complexity index is 549. The van der Waals surface area contributed by atoms with E-state index in [1.54, 1.807) is 13.1 Å². The summed E-state index contributed by atoms with van der Waals surface area (Å²) in [5.74, 6) is 1.00. The van der Waals surface area contributed by atoms with Crippen molar-refractivity contribution in [3.05, 3.63) is 30.2 Å². The monoisotopic (exact) mass is 272 g/mol. The highest BCUT2D eigenvalue weighted by Crippen LogP contribution is 2.34. The number of hydrogen-bond donors (Lipinski definition) is 1. The molecular weight excluding hydrogens is 252 g/mol. The second-order valence-corrected chi connectivity index (χ2v) is 5.42. The molecule has 0 amide bonds. The summed E-state index contributed by atoms with van der Waals surface area (Å²) < 4.78 is 0. The topological polar surface area (TPSA) is 48.5 Å². The van der Waals surface area contributed by atoms with Crippen LogP contribution in [-0.2, 0) is 0 Å². The molecule has 106 valence electrons. The predicted molar refractivity (Wildman–Crippen MR) is 80.2 cm³/mol. The van der Waals surface area contributed by atoms with Crippen LogP contribution in [0, 0.1) is 0 Å². The first-order valence-electron chi connectivity index (χ1n) is 7.08. The Balaban J connectivity index is 1.96. The van der Waals surface area contributed by atoms with E-state index in [4.69, 9.17) is 0 Å². The summed E-state index contributed by atoms with van der Waals surface area (Å²) in [5, 5.41) is 3.38. The molecule has 0 bridgehead atoms. The quantitative estimate of drug-likeness (QED) is 0.831. The van der Waals surface area contributed by atoms with Crippen molar-refractivity contribution in [1.82, 2.24) is 10.3 Å². The molecule has 2 aliphatic rings. The summed E-state index contributed by atoms with van der Waals surface area (Å²) in [4.78, 5) is 20.3. The second-order valence-electron chi connectivity index (χ2n) is 5.42. The molecule has 3 heterocycles. The maximum atomic E-state index is 11.5. The van der Waals surface area contributed by atoms with Crippen LogP contribution in [0.3, 0.4) is 0 Å². The van der Waals surface area contributed by atoms with Crippen molar-refractivity contribution >= 4 is 17.3 Å². The van der Waals surface area contributed by atoms with E-state index in [0.717, 1.165) is 37.4 Å². The van der Waals surface area contributed by atoms with Crippen LogP contribution >= 0.6 is 0 Å². The normalized spacial score (nSPS) is 19.1. The van der Waals surface area contributed by atoms with Crippen molar-refractivity contribution in [3.63, 3.8) is 0 Å². The first kappa shape index (κ1) is 13.1. The molecule has 5 heteroatoms. The Kier molecular flexibility index (Phi) is 3.44. The van der Waals surface area contributed by atoms with E-state index in [0.29, 0.717) is 11.6 Å². The van der Waals surface area contributed by atoms with Gasteiger partial charge in [-0.1, -0.05) is 0 Å². The van der Waals surface area contributed by atoms with Crippen LogP contribution in [0.2, 0.25) is 0 Å². The summed E-state index contributed by atoms with van der Waals surface area (Å²) in [7, 11) is 1.99. The molecule has 0 aliphatic carbocycles. The van der Waals surface area contributed by atoms with E-state index >= 15 is 0 Å². The molecule has 1 fully saturated rings. The van der Waals surface area contributed by atoms with Crippen LogP contribution in [0.5, 0.6) is 0 Å². The van der Waals surface area contributed by atoms with Gasteiger partial charge in [-0.25, -0.2) is 4.98 Å². The number of carbonyl (C=O) groups is 1. The number of nitrogens with one attached hydrogen (secondary N) is 1. The van der Waals surface area contributed by atoms with E-state index in [1.165, 1.54) is 0 Å². The van der Waals surface area contributed by atoms with Crippen molar-refractivity contribution in [2.75, 3.05) is 29.9 Å². The molecule has 2 aliphatic heterocycles. The lowest BCUT2D eigenvalue weighted by molar-refractivity contribution is 0.101. The maximum Gasteiger partial charge on any atom is 0.161 e. The van der Waals surface area contributed by atoms with E-state index in [-0.39, 0.29) is 5.78 Å². The number of carbonyl (C=O) groups excluding carboxylic acids is 1. The Hall–Kier alpha value is -1.88. The van der Waals surface area contributed by atoms with Crippen LogP contribution in [0.1, 0.15) is 30.1 Å². The van der Waals surface area contributed by atoms with Gasteiger partial charge in [0.1, 0.15) is 0 Å². The Morgan fingerprint density at radius 2 is 2.10 bits per heavy atom. The molecule has 20 heavy (non-hydrogen) atoms. The molecule has 3 rings (SSSR count). The van der Waals surface area contributed by atoms with E-state index in [1.807, 2.05) is 24.2 Å². The Morgan fingerprint density at radius 1 is 1.35 bits per heavy atom. The summed E-state index contributed by atoms with van der Waals surface area (Å²) in [5.41, 5.74) is 1.66. The standard InChI is InChI=1S/C15H20N4O/c1-11(20)12-9-14-15(17-10-12)19(8-7-18(14)2)13-3-5-16-6-4-13/h7-10,13,16H,3-6H2,1-2H3. The molecule has 1 aromatic rings. The fourth-order valence-corrected chi connectivity index (χ4v) is 2.80.